The van der Waals surface area contributed by atoms with Crippen molar-refractivity contribution in [1.29, 1.82) is 0 Å². The number of rotatable bonds is 5. The number of hydrogen-bond donors (Lipinski definition) is 1. The molecule has 0 spiro atoms. The summed E-state index contributed by atoms with van der Waals surface area (Å²) in [5, 5.41) is 1.31. The highest BCUT2D eigenvalue weighted by atomic mass is 16.2. The number of amides is 2. The Labute approximate surface area is 145 Å². The highest BCUT2D eigenvalue weighted by Gasteiger charge is 2.27. The second-order valence-corrected chi connectivity index (χ2v) is 6.73. The fourth-order valence-corrected chi connectivity index (χ4v) is 2.11. The van der Waals surface area contributed by atoms with E-state index in [2.05, 4.69) is 24.2 Å². The molecule has 0 aliphatic carbocycles. The lowest BCUT2D eigenvalue weighted by molar-refractivity contribution is -0.132. The SMILES string of the molecule is CCCCCCC#CC(=O)N(NC(=O)c1ccccc1)C(C)(C)C. The van der Waals surface area contributed by atoms with E-state index >= 15 is 0 Å². The van der Waals surface area contributed by atoms with Crippen LogP contribution in [0.2, 0.25) is 0 Å². The lowest BCUT2D eigenvalue weighted by atomic mass is 10.1. The molecule has 1 rings (SSSR count). The standard InChI is InChI=1S/C20H28N2O2/c1-5-6-7-8-9-13-16-18(23)22(20(2,3)4)21-19(24)17-14-11-10-12-15-17/h10-12,14-15H,5-9H2,1-4H3,(H,21,24). The fraction of sp³-hybridized carbons (Fsp3) is 0.500. The molecular weight excluding hydrogens is 300 g/mol. The summed E-state index contributed by atoms with van der Waals surface area (Å²) in [6.45, 7) is 7.74. The predicted octanol–water partition coefficient (Wildman–Crippen LogP) is 3.93. The molecule has 1 aromatic carbocycles. The first-order chi connectivity index (χ1) is 11.4. The Morgan fingerprint density at radius 1 is 1.08 bits per heavy atom. The average Bonchev–Trinajstić information content (AvgIpc) is 2.55. The van der Waals surface area contributed by atoms with Crippen LogP contribution in [-0.2, 0) is 4.79 Å². The van der Waals surface area contributed by atoms with E-state index in [1.54, 1.807) is 24.3 Å². The van der Waals surface area contributed by atoms with Crippen molar-refractivity contribution >= 4 is 11.8 Å². The van der Waals surface area contributed by atoms with Gasteiger partial charge in [0.15, 0.2) is 0 Å². The van der Waals surface area contributed by atoms with E-state index in [0.29, 0.717) is 12.0 Å². The summed E-state index contributed by atoms with van der Waals surface area (Å²) in [4.78, 5) is 24.7. The smallest absolute Gasteiger partial charge is 0.267 e. The van der Waals surface area contributed by atoms with Crippen LogP contribution in [0.4, 0.5) is 0 Å². The molecule has 1 N–H and O–H groups in total. The van der Waals surface area contributed by atoms with Crippen molar-refractivity contribution in [3.05, 3.63) is 35.9 Å². The largest absolute Gasteiger partial charge is 0.317 e. The number of carbonyl (C=O) groups is 2. The van der Waals surface area contributed by atoms with Gasteiger partial charge < -0.3 is 0 Å². The Morgan fingerprint density at radius 2 is 1.75 bits per heavy atom. The van der Waals surface area contributed by atoms with Crippen molar-refractivity contribution in [2.45, 2.75) is 65.3 Å². The molecule has 0 fully saturated rings. The first-order valence-electron chi connectivity index (χ1n) is 8.55. The zero-order chi connectivity index (χ0) is 18.0. The van der Waals surface area contributed by atoms with Gasteiger partial charge in [0.2, 0.25) is 0 Å². The first kappa shape index (κ1) is 19.8. The van der Waals surface area contributed by atoms with Crippen LogP contribution in [-0.4, -0.2) is 22.4 Å². The predicted molar refractivity (Wildman–Crippen MR) is 97.0 cm³/mol. The third kappa shape index (κ3) is 6.87. The van der Waals surface area contributed by atoms with Gasteiger partial charge in [-0.05, 0) is 45.2 Å². The Morgan fingerprint density at radius 3 is 2.33 bits per heavy atom. The Kier molecular flexibility index (Phi) is 8.05. The lowest BCUT2D eigenvalue weighted by Gasteiger charge is -2.33. The summed E-state index contributed by atoms with van der Waals surface area (Å²) in [5.74, 6) is 4.86. The first-order valence-corrected chi connectivity index (χ1v) is 8.55. The summed E-state index contributed by atoms with van der Waals surface area (Å²) in [5.41, 5.74) is 2.63. The minimum Gasteiger partial charge on any atom is -0.267 e. The van der Waals surface area contributed by atoms with E-state index in [4.69, 9.17) is 0 Å². The molecule has 0 aliphatic heterocycles. The van der Waals surface area contributed by atoms with E-state index in [1.807, 2.05) is 26.8 Å². The number of hydrazine groups is 1. The van der Waals surface area contributed by atoms with Gasteiger partial charge in [0, 0.05) is 12.0 Å². The van der Waals surface area contributed by atoms with Crippen LogP contribution in [0, 0.1) is 11.8 Å². The van der Waals surface area contributed by atoms with Gasteiger partial charge in [-0.2, -0.15) is 0 Å². The van der Waals surface area contributed by atoms with Crippen molar-refractivity contribution < 1.29 is 9.59 Å². The molecule has 0 heterocycles. The molecule has 0 aliphatic rings. The molecule has 0 radical (unpaired) electrons. The zero-order valence-corrected chi connectivity index (χ0v) is 15.2. The van der Waals surface area contributed by atoms with Gasteiger partial charge in [-0.1, -0.05) is 50.3 Å². The molecule has 0 atom stereocenters. The number of nitrogens with zero attached hydrogens (tertiary/aromatic N) is 1. The summed E-state index contributed by atoms with van der Waals surface area (Å²) in [6, 6.07) is 8.83. The molecule has 130 valence electrons. The monoisotopic (exact) mass is 328 g/mol. The van der Waals surface area contributed by atoms with Crippen LogP contribution in [0.3, 0.4) is 0 Å². The van der Waals surface area contributed by atoms with E-state index in [9.17, 15) is 9.59 Å². The van der Waals surface area contributed by atoms with Crippen LogP contribution in [0.1, 0.15) is 70.2 Å². The number of unbranched alkanes of at least 4 members (excludes halogenated alkanes) is 4. The van der Waals surface area contributed by atoms with Gasteiger partial charge in [0.05, 0.1) is 5.54 Å². The maximum atomic E-state index is 12.4. The van der Waals surface area contributed by atoms with Crippen molar-refractivity contribution in [3.63, 3.8) is 0 Å². The normalized spacial score (nSPS) is 10.5. The molecule has 2 amide bonds. The Bertz CT molecular complexity index is 592. The zero-order valence-electron chi connectivity index (χ0n) is 15.2. The van der Waals surface area contributed by atoms with Crippen molar-refractivity contribution in [2.24, 2.45) is 0 Å². The summed E-state index contributed by atoms with van der Waals surface area (Å²) in [6.07, 6.45) is 5.20. The molecule has 0 saturated carbocycles. The summed E-state index contributed by atoms with van der Waals surface area (Å²) >= 11 is 0. The Hall–Kier alpha value is -2.28. The van der Waals surface area contributed by atoms with Crippen LogP contribution < -0.4 is 5.43 Å². The third-order valence-electron chi connectivity index (χ3n) is 3.47. The number of benzene rings is 1. The topological polar surface area (TPSA) is 49.4 Å². The lowest BCUT2D eigenvalue weighted by Crippen LogP contribution is -2.55. The van der Waals surface area contributed by atoms with Crippen LogP contribution >= 0.6 is 0 Å². The van der Waals surface area contributed by atoms with Gasteiger partial charge in [-0.3, -0.25) is 15.0 Å². The molecule has 0 saturated heterocycles. The molecule has 24 heavy (non-hydrogen) atoms. The number of carbonyl (C=O) groups excluding carboxylic acids is 2. The van der Waals surface area contributed by atoms with Crippen molar-refractivity contribution in [3.8, 4) is 11.8 Å². The fourth-order valence-electron chi connectivity index (χ4n) is 2.11. The summed E-state index contributed by atoms with van der Waals surface area (Å²) < 4.78 is 0. The van der Waals surface area contributed by atoms with Crippen molar-refractivity contribution in [1.82, 2.24) is 10.4 Å². The molecule has 4 heteroatoms. The minimum absolute atomic E-state index is 0.316. The maximum absolute atomic E-state index is 12.4. The van der Waals surface area contributed by atoms with Gasteiger partial charge >= 0.3 is 5.91 Å². The highest BCUT2D eigenvalue weighted by Crippen LogP contribution is 2.11. The summed E-state index contributed by atoms with van der Waals surface area (Å²) in [7, 11) is 0. The van der Waals surface area contributed by atoms with Crippen molar-refractivity contribution in [2.75, 3.05) is 0 Å². The molecular formula is C20H28N2O2. The van der Waals surface area contributed by atoms with Gasteiger partial charge in [0.25, 0.3) is 5.91 Å². The van der Waals surface area contributed by atoms with Gasteiger partial charge in [-0.15, -0.1) is 0 Å². The second kappa shape index (κ2) is 9.77. The quantitative estimate of drug-likeness (QED) is 0.506. The molecule has 4 nitrogen and oxygen atoms in total. The Balaban J connectivity index is 2.70. The van der Waals surface area contributed by atoms with Gasteiger partial charge in [-0.25, -0.2) is 5.01 Å². The van der Waals surface area contributed by atoms with E-state index in [-0.39, 0.29) is 11.8 Å². The van der Waals surface area contributed by atoms with Gasteiger partial charge in [0.1, 0.15) is 0 Å². The third-order valence-corrected chi connectivity index (χ3v) is 3.47. The molecule has 1 aromatic rings. The van der Waals surface area contributed by atoms with Crippen LogP contribution in [0.5, 0.6) is 0 Å². The molecule has 0 bridgehead atoms. The van der Waals surface area contributed by atoms with E-state index < -0.39 is 5.54 Å². The average molecular weight is 328 g/mol. The van der Waals surface area contributed by atoms with Crippen LogP contribution in [0.25, 0.3) is 0 Å². The van der Waals surface area contributed by atoms with Crippen LogP contribution in [0.15, 0.2) is 30.3 Å². The highest BCUT2D eigenvalue weighted by molar-refractivity contribution is 5.99. The molecule has 0 aromatic heterocycles. The van der Waals surface area contributed by atoms with E-state index in [0.717, 1.165) is 12.8 Å². The second-order valence-electron chi connectivity index (χ2n) is 6.73. The molecule has 0 unspecified atom stereocenters. The van der Waals surface area contributed by atoms with E-state index in [1.165, 1.54) is 17.9 Å². The number of nitrogens with one attached hydrogen (secondary N) is 1. The minimum atomic E-state index is -0.557. The number of hydrogen-bond acceptors (Lipinski definition) is 2. The maximum Gasteiger partial charge on any atom is 0.317 e.